The van der Waals surface area contributed by atoms with Gasteiger partial charge in [0, 0.05) is 11.6 Å². The maximum absolute atomic E-state index is 12.5. The molecule has 29 heavy (non-hydrogen) atoms. The van der Waals surface area contributed by atoms with E-state index in [4.69, 9.17) is 0 Å². The number of nitrogens with one attached hydrogen (secondary N) is 1. The number of H-pyrrole nitrogens is 1. The molecule has 4 aromatic rings. The van der Waals surface area contributed by atoms with Crippen LogP contribution in [0.1, 0.15) is 16.7 Å². The fraction of sp³-hybridized carbons (Fsp3) is 0.0870. The first-order chi connectivity index (χ1) is 14.0. The van der Waals surface area contributed by atoms with E-state index in [-0.39, 0.29) is 5.56 Å². The van der Waals surface area contributed by atoms with Crippen LogP contribution in [0.3, 0.4) is 0 Å². The molecule has 0 amide bonds. The Morgan fingerprint density at radius 2 is 1.72 bits per heavy atom. The average molecular weight is 385 g/mol. The van der Waals surface area contributed by atoms with Crippen LogP contribution < -0.4 is 11.2 Å². The van der Waals surface area contributed by atoms with Crippen molar-refractivity contribution < 1.29 is 5.11 Å². The van der Waals surface area contributed by atoms with Gasteiger partial charge in [-0.15, -0.1) is 0 Å². The third-order valence-corrected chi connectivity index (χ3v) is 4.96. The normalized spacial score (nSPS) is 11.4. The number of aromatic nitrogens is 2. The maximum Gasteiger partial charge on any atom is 0.335 e. The number of benzene rings is 3. The highest BCUT2D eigenvalue weighted by Gasteiger charge is 2.16. The molecule has 3 aromatic carbocycles. The van der Waals surface area contributed by atoms with Gasteiger partial charge >= 0.3 is 5.69 Å². The van der Waals surface area contributed by atoms with E-state index in [1.807, 2.05) is 62.4 Å². The van der Waals surface area contributed by atoms with Crippen molar-refractivity contribution in [2.24, 2.45) is 4.99 Å². The highest BCUT2D eigenvalue weighted by atomic mass is 16.3. The highest BCUT2D eigenvalue weighted by Crippen LogP contribution is 2.25. The zero-order valence-electron chi connectivity index (χ0n) is 16.0. The van der Waals surface area contributed by atoms with Crippen LogP contribution in [0.5, 0.6) is 5.88 Å². The minimum absolute atomic E-state index is 0.0873. The first-order valence-electron chi connectivity index (χ1n) is 9.13. The van der Waals surface area contributed by atoms with Gasteiger partial charge in [0.25, 0.3) is 5.56 Å². The molecule has 6 nitrogen and oxygen atoms in total. The molecule has 0 aliphatic carbocycles. The minimum atomic E-state index is -0.716. The first-order valence-corrected chi connectivity index (χ1v) is 9.13. The van der Waals surface area contributed by atoms with Crippen LogP contribution in [-0.4, -0.2) is 20.9 Å². The number of aromatic hydroxyl groups is 1. The van der Waals surface area contributed by atoms with Crippen LogP contribution in [-0.2, 0) is 0 Å². The summed E-state index contributed by atoms with van der Waals surface area (Å²) in [5.74, 6) is -0.456. The highest BCUT2D eigenvalue weighted by molar-refractivity contribution is 5.91. The maximum atomic E-state index is 12.5. The summed E-state index contributed by atoms with van der Waals surface area (Å²) >= 11 is 0. The van der Waals surface area contributed by atoms with Gasteiger partial charge in [-0.05, 0) is 48.6 Å². The lowest BCUT2D eigenvalue weighted by atomic mass is 10.1. The monoisotopic (exact) mass is 385 g/mol. The van der Waals surface area contributed by atoms with Crippen molar-refractivity contribution in [1.29, 1.82) is 0 Å². The average Bonchev–Trinajstić information content (AvgIpc) is 2.70. The van der Waals surface area contributed by atoms with Gasteiger partial charge < -0.3 is 5.11 Å². The summed E-state index contributed by atoms with van der Waals surface area (Å²) in [6, 6.07) is 18.6. The Kier molecular flexibility index (Phi) is 4.60. The van der Waals surface area contributed by atoms with Crippen molar-refractivity contribution in [2.75, 3.05) is 0 Å². The standard InChI is InChI=1S/C23H19N3O3/c1-14-10-11-17(12-15(14)2)24-13-19-21(27)25-23(29)26(22(19)28)20-9-5-7-16-6-3-4-8-18(16)20/h3-13,28H,1-2H3,(H,25,27,29). The molecule has 0 aliphatic rings. The van der Waals surface area contributed by atoms with E-state index in [1.165, 1.54) is 6.21 Å². The van der Waals surface area contributed by atoms with Crippen molar-refractivity contribution in [3.63, 3.8) is 0 Å². The largest absolute Gasteiger partial charge is 0.493 e. The molecular weight excluding hydrogens is 366 g/mol. The summed E-state index contributed by atoms with van der Waals surface area (Å²) in [7, 11) is 0. The number of hydrogen-bond donors (Lipinski definition) is 2. The molecule has 0 fully saturated rings. The molecule has 6 heteroatoms. The molecule has 0 bridgehead atoms. The Bertz CT molecular complexity index is 1380. The molecule has 0 spiro atoms. The molecule has 0 saturated carbocycles. The van der Waals surface area contributed by atoms with E-state index in [0.717, 1.165) is 26.5 Å². The molecule has 0 saturated heterocycles. The lowest BCUT2D eigenvalue weighted by molar-refractivity contribution is 0.430. The van der Waals surface area contributed by atoms with Crippen molar-refractivity contribution in [3.05, 3.63) is 98.2 Å². The molecular formula is C23H19N3O3. The van der Waals surface area contributed by atoms with Crippen LogP contribution in [0.15, 0.2) is 75.2 Å². The van der Waals surface area contributed by atoms with Gasteiger partial charge in [-0.2, -0.15) is 0 Å². The van der Waals surface area contributed by atoms with Crippen LogP contribution in [0.2, 0.25) is 0 Å². The second kappa shape index (κ2) is 7.24. The quantitative estimate of drug-likeness (QED) is 0.527. The fourth-order valence-electron chi connectivity index (χ4n) is 3.23. The van der Waals surface area contributed by atoms with Gasteiger partial charge in [0.05, 0.1) is 11.4 Å². The number of aliphatic imine (C=N–C) groups is 1. The predicted octanol–water partition coefficient (Wildman–Crippen LogP) is 3.75. The molecule has 4 rings (SSSR count). The smallest absolute Gasteiger partial charge is 0.335 e. The Morgan fingerprint density at radius 1 is 0.966 bits per heavy atom. The second-order valence-corrected chi connectivity index (χ2v) is 6.86. The molecule has 0 unspecified atom stereocenters. The molecule has 0 atom stereocenters. The third-order valence-electron chi connectivity index (χ3n) is 4.96. The van der Waals surface area contributed by atoms with Gasteiger partial charge in [0.1, 0.15) is 5.56 Å². The molecule has 1 heterocycles. The molecule has 0 radical (unpaired) electrons. The van der Waals surface area contributed by atoms with Crippen LogP contribution in [0.25, 0.3) is 16.5 Å². The molecule has 0 aliphatic heterocycles. The topological polar surface area (TPSA) is 87.4 Å². The number of rotatable bonds is 3. The number of hydrogen-bond acceptors (Lipinski definition) is 4. The predicted molar refractivity (Wildman–Crippen MR) is 115 cm³/mol. The minimum Gasteiger partial charge on any atom is -0.493 e. The van der Waals surface area contributed by atoms with Gasteiger partial charge in [-0.3, -0.25) is 14.8 Å². The summed E-state index contributed by atoms with van der Waals surface area (Å²) in [4.78, 5) is 31.4. The zero-order valence-corrected chi connectivity index (χ0v) is 16.0. The van der Waals surface area contributed by atoms with Gasteiger partial charge in [-0.1, -0.05) is 42.5 Å². The van der Waals surface area contributed by atoms with E-state index in [1.54, 1.807) is 12.1 Å². The Morgan fingerprint density at radius 3 is 2.52 bits per heavy atom. The first kappa shape index (κ1) is 18.4. The van der Waals surface area contributed by atoms with Gasteiger partial charge in [0.2, 0.25) is 5.88 Å². The van der Waals surface area contributed by atoms with Crippen molar-refractivity contribution in [1.82, 2.24) is 9.55 Å². The van der Waals surface area contributed by atoms with Crippen molar-refractivity contribution in [2.45, 2.75) is 13.8 Å². The van der Waals surface area contributed by atoms with Crippen LogP contribution >= 0.6 is 0 Å². The second-order valence-electron chi connectivity index (χ2n) is 6.86. The van der Waals surface area contributed by atoms with E-state index < -0.39 is 17.1 Å². The van der Waals surface area contributed by atoms with Crippen molar-refractivity contribution in [3.8, 4) is 11.6 Å². The third kappa shape index (κ3) is 3.36. The Hall–Kier alpha value is -3.93. The number of nitrogens with zero attached hydrogens (tertiary/aromatic N) is 2. The van der Waals surface area contributed by atoms with Gasteiger partial charge in [-0.25, -0.2) is 9.36 Å². The summed E-state index contributed by atoms with van der Waals surface area (Å²) in [6.45, 7) is 3.97. The van der Waals surface area contributed by atoms with Crippen molar-refractivity contribution >= 4 is 22.7 Å². The fourth-order valence-corrected chi connectivity index (χ4v) is 3.23. The number of aromatic amines is 1. The van der Waals surface area contributed by atoms with Gasteiger partial charge in [0.15, 0.2) is 0 Å². The molecule has 2 N–H and O–H groups in total. The van der Waals surface area contributed by atoms with Crippen LogP contribution in [0, 0.1) is 13.8 Å². The lowest BCUT2D eigenvalue weighted by Gasteiger charge is -2.12. The number of fused-ring (bicyclic) bond motifs is 1. The van der Waals surface area contributed by atoms with E-state index in [2.05, 4.69) is 9.98 Å². The summed E-state index contributed by atoms with van der Waals surface area (Å²) in [5.41, 5.74) is 1.82. The summed E-state index contributed by atoms with van der Waals surface area (Å²) in [6.07, 6.45) is 1.28. The zero-order chi connectivity index (χ0) is 20.5. The van der Waals surface area contributed by atoms with E-state index in [0.29, 0.717) is 11.4 Å². The Labute approximate surface area is 166 Å². The van der Waals surface area contributed by atoms with Crippen LogP contribution in [0.4, 0.5) is 5.69 Å². The molecule has 1 aromatic heterocycles. The lowest BCUT2D eigenvalue weighted by Crippen LogP contribution is -2.31. The summed E-state index contributed by atoms with van der Waals surface area (Å²) < 4.78 is 1.09. The SMILES string of the molecule is Cc1ccc(N=Cc2c(O)n(-c3cccc4ccccc34)c(=O)[nH]c2=O)cc1C. The summed E-state index contributed by atoms with van der Waals surface area (Å²) in [5, 5.41) is 12.5. The van der Waals surface area contributed by atoms with E-state index >= 15 is 0 Å². The molecule has 144 valence electrons. The Balaban J connectivity index is 1.89. The van der Waals surface area contributed by atoms with E-state index in [9.17, 15) is 14.7 Å². The number of aryl methyl sites for hydroxylation is 2.